The third kappa shape index (κ3) is 4.60. The number of hydrogen-bond donors (Lipinski definition) is 1. The number of carbonyl (C=O) groups is 2. The summed E-state index contributed by atoms with van der Waals surface area (Å²) >= 11 is 0. The molecule has 0 saturated heterocycles. The third-order valence-corrected chi connectivity index (χ3v) is 5.43. The van der Waals surface area contributed by atoms with E-state index in [1.807, 2.05) is 0 Å². The summed E-state index contributed by atoms with van der Waals surface area (Å²) in [5, 5.41) is 6.96. The van der Waals surface area contributed by atoms with Crippen molar-refractivity contribution in [2.75, 3.05) is 0 Å². The van der Waals surface area contributed by atoms with Gasteiger partial charge in [-0.15, -0.1) is 0 Å². The van der Waals surface area contributed by atoms with E-state index in [4.69, 9.17) is 9.84 Å². The van der Waals surface area contributed by atoms with Gasteiger partial charge in [0.05, 0.1) is 0 Å². The van der Waals surface area contributed by atoms with E-state index in [0.717, 1.165) is 32.1 Å². The van der Waals surface area contributed by atoms with Crippen molar-refractivity contribution in [2.45, 2.75) is 69.0 Å². The van der Waals surface area contributed by atoms with Crippen LogP contribution in [0.1, 0.15) is 52.4 Å². The lowest BCUT2D eigenvalue weighted by Gasteiger charge is -2.24. The fraction of sp³-hybridized carbons (Fsp3) is 0.846. The van der Waals surface area contributed by atoms with Crippen LogP contribution in [0.2, 0.25) is 0 Å². The first kappa shape index (κ1) is 16.1. The summed E-state index contributed by atoms with van der Waals surface area (Å²) in [5.41, 5.74) is 0. The standard InChI is InChI=1S/C13H22O5S/c1-3-11(19(17)9(2)12(14)15)13(16)18-10-7-5-4-6-8-10/h9-11H,3-8H2,1-2H3,(H,14,15). The normalized spacial score (nSPS) is 21.4. The van der Waals surface area contributed by atoms with Crippen molar-refractivity contribution in [1.82, 2.24) is 0 Å². The van der Waals surface area contributed by atoms with E-state index >= 15 is 0 Å². The molecule has 0 aromatic rings. The van der Waals surface area contributed by atoms with Crippen molar-refractivity contribution >= 4 is 22.7 Å². The number of aliphatic carboxylic acids is 1. The maximum absolute atomic E-state index is 12.0. The second kappa shape index (κ2) is 7.62. The molecule has 1 N–H and O–H groups in total. The second-order valence-electron chi connectivity index (χ2n) is 4.90. The minimum absolute atomic E-state index is 0.0903. The highest BCUT2D eigenvalue weighted by atomic mass is 32.2. The minimum Gasteiger partial charge on any atom is -0.480 e. The SMILES string of the molecule is CCC(C(=O)OC1CCCCC1)S(=O)C(C)C(=O)O. The van der Waals surface area contributed by atoms with Gasteiger partial charge in [-0.1, -0.05) is 13.3 Å². The van der Waals surface area contributed by atoms with Crippen LogP contribution in [0.15, 0.2) is 0 Å². The number of carboxylic acids is 1. The van der Waals surface area contributed by atoms with Crippen LogP contribution < -0.4 is 0 Å². The molecule has 1 saturated carbocycles. The maximum Gasteiger partial charge on any atom is 0.321 e. The summed E-state index contributed by atoms with van der Waals surface area (Å²) in [4.78, 5) is 22.8. The van der Waals surface area contributed by atoms with E-state index in [1.165, 1.54) is 6.92 Å². The molecule has 19 heavy (non-hydrogen) atoms. The summed E-state index contributed by atoms with van der Waals surface area (Å²) < 4.78 is 17.4. The van der Waals surface area contributed by atoms with E-state index < -0.39 is 33.2 Å². The molecule has 6 heteroatoms. The molecular weight excluding hydrogens is 268 g/mol. The fourth-order valence-electron chi connectivity index (χ4n) is 2.19. The molecule has 0 bridgehead atoms. The molecule has 1 aliphatic carbocycles. The van der Waals surface area contributed by atoms with Crippen LogP contribution in [0, 0.1) is 0 Å². The highest BCUT2D eigenvalue weighted by Gasteiger charge is 2.33. The largest absolute Gasteiger partial charge is 0.480 e. The summed E-state index contributed by atoms with van der Waals surface area (Å²) in [6, 6.07) is 0. The monoisotopic (exact) mass is 290 g/mol. The molecule has 0 radical (unpaired) electrons. The Hall–Kier alpha value is -0.910. The molecule has 5 nitrogen and oxygen atoms in total. The molecule has 1 fully saturated rings. The predicted octanol–water partition coefficient (Wildman–Crippen LogP) is 1.86. The van der Waals surface area contributed by atoms with Gasteiger partial charge < -0.3 is 9.84 Å². The Balaban J connectivity index is 2.60. The molecule has 3 atom stereocenters. The minimum atomic E-state index is -1.74. The van der Waals surface area contributed by atoms with Gasteiger partial charge >= 0.3 is 11.9 Å². The Labute approximate surface area is 116 Å². The molecule has 3 unspecified atom stereocenters. The molecule has 0 spiro atoms. The average Bonchev–Trinajstić information content (AvgIpc) is 2.39. The zero-order chi connectivity index (χ0) is 14.4. The Bertz CT molecular complexity index is 349. The second-order valence-corrected chi connectivity index (χ2v) is 6.84. The molecule has 0 amide bonds. The summed E-state index contributed by atoms with van der Waals surface area (Å²) in [6.07, 6.45) is 5.19. The van der Waals surface area contributed by atoms with Crippen LogP contribution in [0.25, 0.3) is 0 Å². The third-order valence-electron chi connectivity index (χ3n) is 3.45. The van der Waals surface area contributed by atoms with E-state index in [2.05, 4.69) is 0 Å². The average molecular weight is 290 g/mol. The van der Waals surface area contributed by atoms with E-state index in [9.17, 15) is 13.8 Å². The van der Waals surface area contributed by atoms with E-state index in [1.54, 1.807) is 6.92 Å². The Morgan fingerprint density at radius 1 is 1.32 bits per heavy atom. The topological polar surface area (TPSA) is 80.7 Å². The van der Waals surface area contributed by atoms with Crippen molar-refractivity contribution < 1.29 is 23.6 Å². The number of esters is 1. The van der Waals surface area contributed by atoms with Crippen LogP contribution in [0.5, 0.6) is 0 Å². The van der Waals surface area contributed by atoms with Gasteiger partial charge in [0.2, 0.25) is 0 Å². The lowest BCUT2D eigenvalue weighted by molar-refractivity contribution is -0.149. The molecule has 1 rings (SSSR count). The summed E-state index contributed by atoms with van der Waals surface area (Å²) in [5.74, 6) is -1.66. The molecule has 1 aliphatic rings. The highest BCUT2D eigenvalue weighted by Crippen LogP contribution is 2.22. The zero-order valence-corrected chi connectivity index (χ0v) is 12.3. The molecule has 0 aromatic carbocycles. The molecule has 0 heterocycles. The van der Waals surface area contributed by atoms with Crippen molar-refractivity contribution in [3.05, 3.63) is 0 Å². The van der Waals surface area contributed by atoms with Crippen LogP contribution in [-0.4, -0.2) is 37.9 Å². The number of carboxylic acid groups (broad SMARTS) is 1. The van der Waals surface area contributed by atoms with Crippen molar-refractivity contribution in [1.29, 1.82) is 0 Å². The van der Waals surface area contributed by atoms with Gasteiger partial charge in [-0.3, -0.25) is 13.8 Å². The maximum atomic E-state index is 12.0. The molecular formula is C13H22O5S. The van der Waals surface area contributed by atoms with Crippen LogP contribution in [-0.2, 0) is 25.1 Å². The quantitative estimate of drug-likeness (QED) is 0.755. The van der Waals surface area contributed by atoms with Crippen LogP contribution >= 0.6 is 0 Å². The number of carbonyl (C=O) groups excluding carboxylic acids is 1. The van der Waals surface area contributed by atoms with Gasteiger partial charge in [0.25, 0.3) is 0 Å². The number of ether oxygens (including phenoxy) is 1. The van der Waals surface area contributed by atoms with Gasteiger partial charge in [0.15, 0.2) is 0 Å². The zero-order valence-electron chi connectivity index (χ0n) is 11.5. The number of rotatable bonds is 6. The van der Waals surface area contributed by atoms with Gasteiger partial charge in [-0.25, -0.2) is 0 Å². The van der Waals surface area contributed by atoms with E-state index in [0.29, 0.717) is 6.42 Å². The molecule has 0 aliphatic heterocycles. The Morgan fingerprint density at radius 2 is 1.89 bits per heavy atom. The van der Waals surface area contributed by atoms with Crippen LogP contribution in [0.3, 0.4) is 0 Å². The fourth-order valence-corrected chi connectivity index (χ4v) is 3.46. The molecule has 110 valence electrons. The van der Waals surface area contributed by atoms with Crippen molar-refractivity contribution in [3.63, 3.8) is 0 Å². The van der Waals surface area contributed by atoms with Gasteiger partial charge in [0, 0.05) is 10.8 Å². The smallest absolute Gasteiger partial charge is 0.321 e. The van der Waals surface area contributed by atoms with Gasteiger partial charge in [-0.2, -0.15) is 0 Å². The van der Waals surface area contributed by atoms with E-state index in [-0.39, 0.29) is 6.10 Å². The Morgan fingerprint density at radius 3 is 2.37 bits per heavy atom. The Kier molecular flexibility index (Phi) is 6.48. The predicted molar refractivity (Wildman–Crippen MR) is 72.3 cm³/mol. The number of hydrogen-bond acceptors (Lipinski definition) is 4. The molecule has 0 aromatic heterocycles. The van der Waals surface area contributed by atoms with Crippen LogP contribution in [0.4, 0.5) is 0 Å². The van der Waals surface area contributed by atoms with Gasteiger partial charge in [0.1, 0.15) is 16.6 Å². The van der Waals surface area contributed by atoms with Crippen molar-refractivity contribution in [3.8, 4) is 0 Å². The first-order chi connectivity index (χ1) is 8.97. The first-order valence-electron chi connectivity index (χ1n) is 6.80. The highest BCUT2D eigenvalue weighted by molar-refractivity contribution is 7.87. The summed E-state index contributed by atoms with van der Waals surface area (Å²) in [7, 11) is -1.74. The first-order valence-corrected chi connectivity index (χ1v) is 8.07. The lowest BCUT2D eigenvalue weighted by Crippen LogP contribution is -2.37. The van der Waals surface area contributed by atoms with Gasteiger partial charge in [-0.05, 0) is 39.0 Å². The lowest BCUT2D eigenvalue weighted by atomic mass is 9.98. The summed E-state index contributed by atoms with van der Waals surface area (Å²) in [6.45, 7) is 3.08. The van der Waals surface area contributed by atoms with Crippen molar-refractivity contribution in [2.24, 2.45) is 0 Å².